The number of hydrogen-bond donors (Lipinski definition) is 2. The third-order valence-electron chi connectivity index (χ3n) is 3.22. The van der Waals surface area contributed by atoms with Crippen molar-refractivity contribution in [1.82, 2.24) is 4.90 Å². The summed E-state index contributed by atoms with van der Waals surface area (Å²) >= 11 is 1.47. The number of rotatable bonds is 4. The van der Waals surface area contributed by atoms with Gasteiger partial charge in [0.1, 0.15) is 5.75 Å². The van der Waals surface area contributed by atoms with Crippen LogP contribution < -0.4 is 0 Å². The third kappa shape index (κ3) is 5.99. The summed E-state index contributed by atoms with van der Waals surface area (Å²) < 4.78 is 0. The summed E-state index contributed by atoms with van der Waals surface area (Å²) in [5.41, 5.74) is 1.19. The highest BCUT2D eigenvalue weighted by molar-refractivity contribution is 8.13. The molecule has 0 saturated heterocycles. The lowest BCUT2D eigenvalue weighted by Crippen LogP contribution is -2.35. The van der Waals surface area contributed by atoms with Crippen LogP contribution in [0, 0.1) is 10.8 Å². The van der Waals surface area contributed by atoms with E-state index >= 15 is 0 Å². The summed E-state index contributed by atoms with van der Waals surface area (Å²) in [4.78, 5) is 3.16. The smallest absolute Gasteiger partial charge is 0.161 e. The molecule has 0 saturated carbocycles. The van der Waals surface area contributed by atoms with E-state index in [1.165, 1.54) is 11.8 Å². The number of amidine groups is 1. The van der Waals surface area contributed by atoms with Crippen LogP contribution in [0.3, 0.4) is 0 Å². The SMILES string of the molecule is CC(C)(C)CN(Cc1ccc(O)cc1)C(=N)Sc1ccccc1. The van der Waals surface area contributed by atoms with Crippen molar-refractivity contribution in [3.63, 3.8) is 0 Å². The molecule has 0 aromatic heterocycles. The Balaban J connectivity index is 2.12. The molecule has 3 nitrogen and oxygen atoms in total. The van der Waals surface area contributed by atoms with Crippen LogP contribution in [0.4, 0.5) is 0 Å². The van der Waals surface area contributed by atoms with Crippen LogP contribution in [-0.2, 0) is 6.54 Å². The van der Waals surface area contributed by atoms with E-state index in [0.717, 1.165) is 17.0 Å². The van der Waals surface area contributed by atoms with Gasteiger partial charge in [0.05, 0.1) is 0 Å². The van der Waals surface area contributed by atoms with E-state index in [0.29, 0.717) is 11.7 Å². The Labute approximate surface area is 142 Å². The predicted molar refractivity (Wildman–Crippen MR) is 98.0 cm³/mol. The normalized spacial score (nSPS) is 11.3. The number of aromatic hydroxyl groups is 1. The van der Waals surface area contributed by atoms with Gasteiger partial charge in [-0.15, -0.1) is 0 Å². The second-order valence-corrected chi connectivity index (χ2v) is 7.87. The molecule has 23 heavy (non-hydrogen) atoms. The fourth-order valence-electron chi connectivity index (χ4n) is 2.26. The fourth-order valence-corrected chi connectivity index (χ4v) is 3.03. The van der Waals surface area contributed by atoms with E-state index in [4.69, 9.17) is 5.41 Å². The molecule has 0 unspecified atom stereocenters. The zero-order valence-corrected chi connectivity index (χ0v) is 14.7. The molecule has 2 aromatic carbocycles. The van der Waals surface area contributed by atoms with Gasteiger partial charge in [0.2, 0.25) is 0 Å². The van der Waals surface area contributed by atoms with E-state index < -0.39 is 0 Å². The summed E-state index contributed by atoms with van der Waals surface area (Å²) in [7, 11) is 0. The van der Waals surface area contributed by atoms with E-state index in [1.807, 2.05) is 42.5 Å². The van der Waals surface area contributed by atoms with E-state index in [2.05, 4.69) is 25.7 Å². The van der Waals surface area contributed by atoms with Gasteiger partial charge in [-0.25, -0.2) is 0 Å². The van der Waals surface area contributed by atoms with Gasteiger partial charge in [0.25, 0.3) is 0 Å². The summed E-state index contributed by atoms with van der Waals surface area (Å²) in [6.45, 7) is 7.99. The topological polar surface area (TPSA) is 47.3 Å². The Morgan fingerprint density at radius 1 is 1.04 bits per heavy atom. The molecule has 0 aliphatic heterocycles. The highest BCUT2D eigenvalue weighted by atomic mass is 32.2. The molecule has 0 fully saturated rings. The molecule has 0 aliphatic carbocycles. The number of benzene rings is 2. The van der Waals surface area contributed by atoms with E-state index in [-0.39, 0.29) is 11.2 Å². The minimum absolute atomic E-state index is 0.0977. The third-order valence-corrected chi connectivity index (χ3v) is 4.18. The molecule has 0 heterocycles. The lowest BCUT2D eigenvalue weighted by molar-refractivity contribution is 0.272. The number of phenols is 1. The molecule has 122 valence electrons. The highest BCUT2D eigenvalue weighted by Crippen LogP contribution is 2.25. The standard InChI is InChI=1S/C19H24N2OS/c1-19(2,3)14-21(13-15-9-11-16(22)12-10-15)18(20)23-17-7-5-4-6-8-17/h4-12,20,22H,13-14H2,1-3H3. The van der Waals surface area contributed by atoms with Crippen LogP contribution in [-0.4, -0.2) is 21.7 Å². The van der Waals surface area contributed by atoms with Crippen molar-refractivity contribution in [2.75, 3.05) is 6.54 Å². The number of thioether (sulfide) groups is 1. The Kier molecular flexibility index (Phi) is 5.72. The van der Waals surface area contributed by atoms with Crippen LogP contribution in [0.5, 0.6) is 5.75 Å². The molecule has 0 bridgehead atoms. The van der Waals surface area contributed by atoms with Gasteiger partial charge in [-0.3, -0.25) is 5.41 Å². The van der Waals surface area contributed by atoms with E-state index in [9.17, 15) is 5.11 Å². The Bertz CT molecular complexity index is 633. The molecule has 2 aromatic rings. The first-order chi connectivity index (χ1) is 10.8. The molecular formula is C19H24N2OS. The summed E-state index contributed by atoms with van der Waals surface area (Å²) in [6.07, 6.45) is 0. The van der Waals surface area contributed by atoms with Crippen molar-refractivity contribution < 1.29 is 5.11 Å². The fraction of sp³-hybridized carbons (Fsp3) is 0.316. The molecule has 2 N–H and O–H groups in total. The van der Waals surface area contributed by atoms with Crippen molar-refractivity contribution in [3.05, 3.63) is 60.2 Å². The minimum atomic E-state index is 0.0977. The molecule has 0 radical (unpaired) electrons. The van der Waals surface area contributed by atoms with Gasteiger partial charge in [-0.1, -0.05) is 62.9 Å². The molecule has 0 aliphatic rings. The van der Waals surface area contributed by atoms with Gasteiger partial charge in [0, 0.05) is 18.0 Å². The van der Waals surface area contributed by atoms with Gasteiger partial charge >= 0.3 is 0 Å². The van der Waals surface area contributed by atoms with Crippen LogP contribution in [0.2, 0.25) is 0 Å². The maximum atomic E-state index is 9.42. The van der Waals surface area contributed by atoms with Crippen LogP contribution in [0.1, 0.15) is 26.3 Å². The van der Waals surface area contributed by atoms with Gasteiger partial charge in [-0.2, -0.15) is 0 Å². The van der Waals surface area contributed by atoms with Crippen molar-refractivity contribution in [2.45, 2.75) is 32.2 Å². The van der Waals surface area contributed by atoms with Crippen LogP contribution >= 0.6 is 11.8 Å². The average Bonchev–Trinajstić information content (AvgIpc) is 2.48. The number of hydrogen-bond acceptors (Lipinski definition) is 3. The monoisotopic (exact) mass is 328 g/mol. The molecule has 0 atom stereocenters. The maximum absolute atomic E-state index is 9.42. The lowest BCUT2D eigenvalue weighted by Gasteiger charge is -2.31. The summed E-state index contributed by atoms with van der Waals surface area (Å²) in [6, 6.07) is 17.2. The lowest BCUT2D eigenvalue weighted by atomic mass is 9.96. The zero-order chi connectivity index (χ0) is 16.9. The number of nitrogens with zero attached hydrogens (tertiary/aromatic N) is 1. The van der Waals surface area contributed by atoms with Crippen molar-refractivity contribution in [2.24, 2.45) is 5.41 Å². The van der Waals surface area contributed by atoms with Crippen molar-refractivity contribution >= 4 is 16.9 Å². The van der Waals surface area contributed by atoms with E-state index in [1.54, 1.807) is 12.1 Å². The van der Waals surface area contributed by atoms with Gasteiger partial charge < -0.3 is 10.0 Å². The summed E-state index contributed by atoms with van der Waals surface area (Å²) in [5, 5.41) is 18.5. The molecule has 2 rings (SSSR count). The minimum Gasteiger partial charge on any atom is -0.508 e. The Morgan fingerprint density at radius 2 is 1.65 bits per heavy atom. The first-order valence-corrected chi connectivity index (χ1v) is 8.49. The van der Waals surface area contributed by atoms with Gasteiger partial charge in [-0.05, 0) is 35.2 Å². The van der Waals surface area contributed by atoms with Crippen LogP contribution in [0.15, 0.2) is 59.5 Å². The quantitative estimate of drug-likeness (QED) is 0.473. The first-order valence-electron chi connectivity index (χ1n) is 7.68. The van der Waals surface area contributed by atoms with Crippen molar-refractivity contribution in [1.29, 1.82) is 5.41 Å². The Morgan fingerprint density at radius 3 is 2.22 bits per heavy atom. The zero-order valence-electron chi connectivity index (χ0n) is 13.9. The maximum Gasteiger partial charge on any atom is 0.161 e. The second-order valence-electron chi connectivity index (χ2n) is 6.80. The van der Waals surface area contributed by atoms with Crippen molar-refractivity contribution in [3.8, 4) is 5.75 Å². The number of nitrogens with one attached hydrogen (secondary N) is 1. The first kappa shape index (κ1) is 17.4. The van der Waals surface area contributed by atoms with Crippen LogP contribution in [0.25, 0.3) is 0 Å². The molecular weight excluding hydrogens is 304 g/mol. The largest absolute Gasteiger partial charge is 0.508 e. The molecule has 0 spiro atoms. The Hall–Kier alpha value is -1.94. The van der Waals surface area contributed by atoms with Gasteiger partial charge in [0.15, 0.2) is 5.17 Å². The summed E-state index contributed by atoms with van der Waals surface area (Å²) in [5.74, 6) is 0.268. The average molecular weight is 328 g/mol. The molecule has 4 heteroatoms. The predicted octanol–water partition coefficient (Wildman–Crippen LogP) is 4.97. The highest BCUT2D eigenvalue weighted by Gasteiger charge is 2.20. The number of phenolic OH excluding ortho intramolecular Hbond substituents is 1. The second kappa shape index (κ2) is 7.55. The molecule has 0 amide bonds.